The van der Waals surface area contributed by atoms with Crippen molar-refractivity contribution in [3.05, 3.63) is 11.6 Å². The van der Waals surface area contributed by atoms with Gasteiger partial charge < -0.3 is 9.90 Å². The normalized spacial score (nSPS) is 45.0. The second-order valence-corrected chi connectivity index (χ2v) is 12.3. The van der Waals surface area contributed by atoms with E-state index >= 15 is 0 Å². The minimum atomic E-state index is -0.989. The molecule has 4 heteroatoms. The van der Waals surface area contributed by atoms with Crippen LogP contribution in [0.4, 0.5) is 0 Å². The zero-order valence-corrected chi connectivity index (χ0v) is 19.6. The first kappa shape index (κ1) is 21.5. The number of hydrogen-bond donors (Lipinski definition) is 1. The number of aldehydes is 1. The quantitative estimate of drug-likeness (QED) is 0.312. The molecule has 0 saturated heterocycles. The molecule has 0 aromatic carbocycles. The molecule has 7 atom stereocenters. The van der Waals surface area contributed by atoms with E-state index in [2.05, 4.69) is 40.7 Å². The summed E-state index contributed by atoms with van der Waals surface area (Å²) in [5.41, 5.74) is -0.919. The molecule has 3 saturated carbocycles. The van der Waals surface area contributed by atoms with Crippen molar-refractivity contribution < 1.29 is 14.7 Å². The summed E-state index contributed by atoms with van der Waals surface area (Å²) in [6.45, 7) is 11.1. The molecular weight excluding hydrogens is 380 g/mol. The van der Waals surface area contributed by atoms with Crippen molar-refractivity contribution in [1.29, 1.82) is 0 Å². The highest BCUT2D eigenvalue weighted by molar-refractivity contribution is 7.99. The third-order valence-electron chi connectivity index (χ3n) is 9.32. The van der Waals surface area contributed by atoms with E-state index in [1.165, 1.54) is 0 Å². The Morgan fingerprint density at radius 3 is 2.59 bits per heavy atom. The average molecular weight is 419 g/mol. The van der Waals surface area contributed by atoms with Gasteiger partial charge in [-0.1, -0.05) is 52.7 Å². The monoisotopic (exact) mass is 418 g/mol. The van der Waals surface area contributed by atoms with Gasteiger partial charge in [0.1, 0.15) is 11.7 Å². The standard InChI is InChI=1S/C25H38O3S/c1-15(2)8-9-29-14-24-12-19-17(5)6-7-20(19)23(13-26)11-18(24)10-21(16(3)4)25(23,24)22(27)28/h10,13,15-20H,6-9,11-12,14H2,1-5H3,(H,27,28)/t17-,18+,19-,20-,23+,24+,25+/m0/s1. The maximum Gasteiger partial charge on any atom is 0.315 e. The number of carboxylic acids is 1. The SMILES string of the molecule is CC(C)CCSC[C@]12C[C@H]3[C@@H](C)CC[C@@H]3[C@]3(C=O)C[C@H]1C=C(C(C)C)[C@]23C(=O)O. The van der Waals surface area contributed by atoms with Gasteiger partial charge in [0, 0.05) is 11.2 Å². The van der Waals surface area contributed by atoms with Crippen molar-refractivity contribution in [2.75, 3.05) is 11.5 Å². The number of hydrogen-bond acceptors (Lipinski definition) is 3. The predicted molar refractivity (Wildman–Crippen MR) is 119 cm³/mol. The molecule has 0 unspecified atom stereocenters. The molecule has 3 nitrogen and oxygen atoms in total. The summed E-state index contributed by atoms with van der Waals surface area (Å²) < 4.78 is 0. The van der Waals surface area contributed by atoms with Crippen LogP contribution in [0.3, 0.4) is 0 Å². The molecule has 0 amide bonds. The zero-order chi connectivity index (χ0) is 21.2. The molecule has 0 radical (unpaired) electrons. The van der Waals surface area contributed by atoms with E-state index < -0.39 is 16.8 Å². The molecule has 4 aliphatic carbocycles. The molecule has 1 N–H and O–H groups in total. The van der Waals surface area contributed by atoms with Crippen LogP contribution in [0.5, 0.6) is 0 Å². The van der Waals surface area contributed by atoms with E-state index in [0.717, 1.165) is 55.5 Å². The summed E-state index contributed by atoms with van der Waals surface area (Å²) >= 11 is 1.95. The lowest BCUT2D eigenvalue weighted by atomic mass is 9.43. The molecule has 0 heterocycles. The number of carboxylic acid groups (broad SMARTS) is 1. The second kappa shape index (κ2) is 7.14. The lowest BCUT2D eigenvalue weighted by molar-refractivity contribution is -0.177. The number of fused-ring (bicyclic) bond motifs is 2. The van der Waals surface area contributed by atoms with Crippen molar-refractivity contribution >= 4 is 24.0 Å². The Morgan fingerprint density at radius 2 is 2.00 bits per heavy atom. The van der Waals surface area contributed by atoms with E-state index in [4.69, 9.17) is 0 Å². The number of carbonyl (C=O) groups excluding carboxylic acids is 1. The highest BCUT2D eigenvalue weighted by atomic mass is 32.2. The van der Waals surface area contributed by atoms with Crippen LogP contribution in [0.25, 0.3) is 0 Å². The molecule has 29 heavy (non-hydrogen) atoms. The molecule has 0 aromatic heterocycles. The number of aliphatic carboxylic acids is 1. The number of allylic oxidation sites excluding steroid dienone is 1. The fourth-order valence-corrected chi connectivity index (χ4v) is 9.90. The summed E-state index contributed by atoms with van der Waals surface area (Å²) in [6.07, 6.45) is 8.53. The van der Waals surface area contributed by atoms with E-state index in [9.17, 15) is 14.7 Å². The summed E-state index contributed by atoms with van der Waals surface area (Å²) in [7, 11) is 0. The first-order chi connectivity index (χ1) is 13.7. The van der Waals surface area contributed by atoms with Gasteiger partial charge in [-0.15, -0.1) is 0 Å². The Morgan fingerprint density at radius 1 is 1.28 bits per heavy atom. The van der Waals surface area contributed by atoms with Crippen molar-refractivity contribution in [3.8, 4) is 0 Å². The Balaban J connectivity index is 1.84. The maximum atomic E-state index is 13.3. The fourth-order valence-electron chi connectivity index (χ4n) is 8.21. The molecule has 4 bridgehead atoms. The van der Waals surface area contributed by atoms with Gasteiger partial charge in [0.15, 0.2) is 0 Å². The molecular formula is C25H38O3S. The fraction of sp³-hybridized carbons (Fsp3) is 0.840. The van der Waals surface area contributed by atoms with Gasteiger partial charge in [0.25, 0.3) is 0 Å². The summed E-state index contributed by atoms with van der Waals surface area (Å²) in [6, 6.07) is 0. The predicted octanol–water partition coefficient (Wildman–Crippen LogP) is 5.69. The molecule has 4 aliphatic rings. The number of thioether (sulfide) groups is 1. The lowest BCUT2D eigenvalue weighted by Gasteiger charge is -2.58. The average Bonchev–Trinajstić information content (AvgIpc) is 3.22. The molecule has 0 spiro atoms. The van der Waals surface area contributed by atoms with Crippen LogP contribution in [0.1, 0.15) is 66.7 Å². The van der Waals surface area contributed by atoms with Crippen LogP contribution in [0, 0.1) is 51.8 Å². The first-order valence-electron chi connectivity index (χ1n) is 11.7. The van der Waals surface area contributed by atoms with Crippen LogP contribution < -0.4 is 0 Å². The smallest absolute Gasteiger partial charge is 0.315 e. The minimum absolute atomic E-state index is 0.172. The molecule has 4 rings (SSSR count). The van der Waals surface area contributed by atoms with E-state index in [1.807, 2.05) is 11.8 Å². The van der Waals surface area contributed by atoms with Crippen molar-refractivity contribution in [2.24, 2.45) is 51.8 Å². The van der Waals surface area contributed by atoms with Gasteiger partial charge in [0.2, 0.25) is 0 Å². The van der Waals surface area contributed by atoms with Crippen LogP contribution in [-0.4, -0.2) is 28.9 Å². The Hall–Kier alpha value is -0.770. The van der Waals surface area contributed by atoms with Crippen LogP contribution in [-0.2, 0) is 9.59 Å². The van der Waals surface area contributed by atoms with Crippen LogP contribution in [0.2, 0.25) is 0 Å². The van der Waals surface area contributed by atoms with Gasteiger partial charge in [-0.25, -0.2) is 0 Å². The van der Waals surface area contributed by atoms with Crippen molar-refractivity contribution in [1.82, 2.24) is 0 Å². The van der Waals surface area contributed by atoms with Crippen molar-refractivity contribution in [3.63, 3.8) is 0 Å². The van der Waals surface area contributed by atoms with E-state index in [-0.39, 0.29) is 23.2 Å². The minimum Gasteiger partial charge on any atom is -0.481 e. The largest absolute Gasteiger partial charge is 0.481 e. The Kier molecular flexibility index (Phi) is 5.28. The third kappa shape index (κ3) is 2.50. The highest BCUT2D eigenvalue weighted by Gasteiger charge is 2.83. The van der Waals surface area contributed by atoms with E-state index in [0.29, 0.717) is 17.8 Å². The molecule has 3 fully saturated rings. The first-order valence-corrected chi connectivity index (χ1v) is 12.8. The van der Waals surface area contributed by atoms with Gasteiger partial charge in [0.05, 0.1) is 5.41 Å². The number of rotatable bonds is 8. The summed E-state index contributed by atoms with van der Waals surface area (Å²) in [4.78, 5) is 26.2. The van der Waals surface area contributed by atoms with Gasteiger partial charge in [-0.05, 0) is 66.9 Å². The van der Waals surface area contributed by atoms with Gasteiger partial charge in [-0.2, -0.15) is 11.8 Å². The molecule has 162 valence electrons. The second-order valence-electron chi connectivity index (χ2n) is 11.2. The maximum absolute atomic E-state index is 13.3. The zero-order valence-electron chi connectivity index (χ0n) is 18.7. The highest BCUT2D eigenvalue weighted by Crippen LogP contribution is 2.83. The molecule has 0 aromatic rings. The third-order valence-corrected chi connectivity index (χ3v) is 10.6. The van der Waals surface area contributed by atoms with Crippen molar-refractivity contribution in [2.45, 2.75) is 66.7 Å². The summed E-state index contributed by atoms with van der Waals surface area (Å²) in [5, 5.41) is 10.9. The van der Waals surface area contributed by atoms with Gasteiger partial charge in [-0.3, -0.25) is 4.79 Å². The van der Waals surface area contributed by atoms with Gasteiger partial charge >= 0.3 is 5.97 Å². The Bertz CT molecular complexity index is 728. The Labute approximate surface area is 180 Å². The van der Waals surface area contributed by atoms with Crippen LogP contribution in [0.15, 0.2) is 11.6 Å². The lowest BCUT2D eigenvalue weighted by Crippen LogP contribution is -2.63. The summed E-state index contributed by atoms with van der Waals surface area (Å²) in [5.74, 6) is 3.67. The topological polar surface area (TPSA) is 54.4 Å². The van der Waals surface area contributed by atoms with Crippen LogP contribution >= 0.6 is 11.8 Å². The van der Waals surface area contributed by atoms with E-state index in [1.54, 1.807) is 0 Å². The number of carbonyl (C=O) groups is 2. The molecule has 0 aliphatic heterocycles.